The number of thioether (sulfide) groups is 2. The fraction of sp³-hybridized carbons (Fsp3) is 0.240. The lowest BCUT2D eigenvalue weighted by Crippen LogP contribution is -2.35. The molecule has 1 N–H and O–H groups in total. The Kier molecular flexibility index (Phi) is 6.40. The van der Waals surface area contributed by atoms with Gasteiger partial charge in [0.1, 0.15) is 0 Å². The van der Waals surface area contributed by atoms with E-state index in [1.165, 1.54) is 15.9 Å². The molecule has 0 bridgehead atoms. The highest BCUT2D eigenvalue weighted by Crippen LogP contribution is 2.45. The maximum atomic E-state index is 13.5. The maximum Gasteiger partial charge on any atom is 0.264 e. The molecule has 0 atom stereocenters. The van der Waals surface area contributed by atoms with Gasteiger partial charge in [-0.2, -0.15) is 0 Å². The highest BCUT2D eigenvalue weighted by Gasteiger charge is 2.29. The number of anilines is 2. The number of carbonyl (C=O) groups is 1. The molecule has 170 valence electrons. The zero-order valence-corrected chi connectivity index (χ0v) is 20.4. The van der Waals surface area contributed by atoms with Gasteiger partial charge in [0.05, 0.1) is 15.2 Å². The molecule has 0 aliphatic carbocycles. The van der Waals surface area contributed by atoms with Crippen molar-refractivity contribution >= 4 is 50.8 Å². The second kappa shape index (κ2) is 9.44. The number of sulfonamides is 1. The molecule has 5 rings (SSSR count). The second-order valence-corrected chi connectivity index (χ2v) is 12.6. The fourth-order valence-corrected chi connectivity index (χ4v) is 8.62. The van der Waals surface area contributed by atoms with Crippen LogP contribution in [0.25, 0.3) is 0 Å². The summed E-state index contributed by atoms with van der Waals surface area (Å²) in [5.74, 6) is 1.94. The molecule has 1 saturated heterocycles. The van der Waals surface area contributed by atoms with E-state index < -0.39 is 10.0 Å². The van der Waals surface area contributed by atoms with Crippen molar-refractivity contribution in [1.29, 1.82) is 0 Å². The Balaban J connectivity index is 1.38. The third kappa shape index (κ3) is 4.65. The number of hydrogen-bond acceptors (Lipinski definition) is 5. The molecule has 0 spiro atoms. The molecule has 0 saturated carbocycles. The van der Waals surface area contributed by atoms with Gasteiger partial charge in [0, 0.05) is 29.3 Å². The number of benzene rings is 3. The number of carbonyl (C=O) groups excluding carboxylic acids is 1. The molecule has 3 aromatic carbocycles. The van der Waals surface area contributed by atoms with E-state index in [1.54, 1.807) is 18.2 Å². The van der Waals surface area contributed by atoms with Crippen LogP contribution in [0.3, 0.4) is 0 Å². The fourth-order valence-electron chi connectivity index (χ4n) is 4.19. The topological polar surface area (TPSA) is 66.5 Å². The van der Waals surface area contributed by atoms with Crippen LogP contribution >= 0.6 is 23.5 Å². The number of nitrogens with zero attached hydrogens (tertiary/aromatic N) is 1. The van der Waals surface area contributed by atoms with E-state index in [2.05, 4.69) is 11.4 Å². The van der Waals surface area contributed by atoms with E-state index in [0.717, 1.165) is 35.6 Å². The summed E-state index contributed by atoms with van der Waals surface area (Å²) >= 11 is 3.82. The van der Waals surface area contributed by atoms with Crippen molar-refractivity contribution in [3.05, 3.63) is 89.5 Å². The summed E-state index contributed by atoms with van der Waals surface area (Å²) in [6.45, 7) is 0.430. The third-order valence-corrected chi connectivity index (χ3v) is 10.7. The predicted molar refractivity (Wildman–Crippen MR) is 138 cm³/mol. The second-order valence-electron chi connectivity index (χ2n) is 7.99. The van der Waals surface area contributed by atoms with Gasteiger partial charge in [-0.1, -0.05) is 36.4 Å². The predicted octanol–water partition coefficient (Wildman–Crippen LogP) is 5.56. The average Bonchev–Trinajstić information content (AvgIpc) is 3.39. The lowest BCUT2D eigenvalue weighted by atomic mass is 10.0. The summed E-state index contributed by atoms with van der Waals surface area (Å²) in [5, 5.41) is 2.93. The van der Waals surface area contributed by atoms with Crippen molar-refractivity contribution < 1.29 is 13.2 Å². The van der Waals surface area contributed by atoms with Crippen molar-refractivity contribution in [1.82, 2.24) is 0 Å². The average molecular weight is 497 g/mol. The van der Waals surface area contributed by atoms with Gasteiger partial charge in [-0.3, -0.25) is 9.10 Å². The molecule has 1 amide bonds. The summed E-state index contributed by atoms with van der Waals surface area (Å²) in [7, 11) is -3.77. The number of nitrogens with one attached hydrogen (secondary N) is 1. The Morgan fingerprint density at radius 1 is 0.939 bits per heavy atom. The van der Waals surface area contributed by atoms with Gasteiger partial charge in [-0.25, -0.2) is 8.42 Å². The Morgan fingerprint density at radius 3 is 2.58 bits per heavy atom. The van der Waals surface area contributed by atoms with Crippen LogP contribution in [-0.4, -0.2) is 32.4 Å². The Labute approximate surface area is 203 Å². The van der Waals surface area contributed by atoms with Crippen LogP contribution < -0.4 is 9.62 Å². The first-order valence-electron chi connectivity index (χ1n) is 10.9. The standard InChI is InChI=1S/C25H24N2O3S3/c28-24(26-21-10-3-8-20(16-21)25-31-14-15-32-25)19-7-4-11-22(17-19)33(29,30)27-13-5-9-18-6-1-2-12-23(18)27/h1-4,6-8,10-12,16-17,25H,5,9,13-15H2,(H,26,28). The summed E-state index contributed by atoms with van der Waals surface area (Å²) in [6, 6.07) is 21.8. The minimum Gasteiger partial charge on any atom is -0.322 e. The van der Waals surface area contributed by atoms with Gasteiger partial charge >= 0.3 is 0 Å². The van der Waals surface area contributed by atoms with Gasteiger partial charge in [0.25, 0.3) is 15.9 Å². The van der Waals surface area contributed by atoms with E-state index in [0.29, 0.717) is 22.4 Å². The molecule has 1 fully saturated rings. The molecule has 0 aromatic heterocycles. The monoisotopic (exact) mass is 496 g/mol. The normalized spacial score (nSPS) is 16.4. The quantitative estimate of drug-likeness (QED) is 0.501. The maximum absolute atomic E-state index is 13.5. The van der Waals surface area contributed by atoms with Crippen LogP contribution in [0.2, 0.25) is 0 Å². The van der Waals surface area contributed by atoms with Gasteiger partial charge in [-0.15, -0.1) is 23.5 Å². The number of para-hydroxylation sites is 1. The molecule has 0 unspecified atom stereocenters. The minimum absolute atomic E-state index is 0.124. The summed E-state index contributed by atoms with van der Waals surface area (Å²) < 4.78 is 28.8. The van der Waals surface area contributed by atoms with Gasteiger partial charge in [0.15, 0.2) is 0 Å². The molecule has 3 aromatic rings. The number of aryl methyl sites for hydroxylation is 1. The van der Waals surface area contributed by atoms with Crippen LogP contribution in [0.15, 0.2) is 77.7 Å². The van der Waals surface area contributed by atoms with Crippen molar-refractivity contribution in [2.24, 2.45) is 0 Å². The summed E-state index contributed by atoms with van der Waals surface area (Å²) in [5.41, 5.74) is 3.96. The van der Waals surface area contributed by atoms with Crippen molar-refractivity contribution in [2.75, 3.05) is 27.7 Å². The summed E-state index contributed by atoms with van der Waals surface area (Å²) in [4.78, 5) is 13.1. The van der Waals surface area contributed by atoms with Gasteiger partial charge in [0.2, 0.25) is 0 Å². The first-order chi connectivity index (χ1) is 16.0. The zero-order valence-electron chi connectivity index (χ0n) is 17.9. The lowest BCUT2D eigenvalue weighted by Gasteiger charge is -2.30. The summed E-state index contributed by atoms with van der Waals surface area (Å²) in [6.07, 6.45) is 1.63. The van der Waals surface area contributed by atoms with E-state index in [-0.39, 0.29) is 10.8 Å². The highest BCUT2D eigenvalue weighted by atomic mass is 32.2. The molecule has 5 nitrogen and oxygen atoms in total. The van der Waals surface area contributed by atoms with Crippen LogP contribution in [0.5, 0.6) is 0 Å². The number of hydrogen-bond donors (Lipinski definition) is 1. The van der Waals surface area contributed by atoms with Crippen molar-refractivity contribution in [3.63, 3.8) is 0 Å². The molecule has 2 heterocycles. The van der Waals surface area contributed by atoms with Gasteiger partial charge in [-0.05, 0) is 60.4 Å². The SMILES string of the molecule is O=C(Nc1cccc(C2SCCS2)c1)c1cccc(S(=O)(=O)N2CCCc3ccccc32)c1. The Morgan fingerprint density at radius 2 is 1.73 bits per heavy atom. The molecule has 33 heavy (non-hydrogen) atoms. The molecular weight excluding hydrogens is 472 g/mol. The van der Waals surface area contributed by atoms with Gasteiger partial charge < -0.3 is 5.32 Å². The Hall–Kier alpha value is -2.42. The first-order valence-corrected chi connectivity index (χ1v) is 14.4. The molecular formula is C25H24N2O3S3. The zero-order chi connectivity index (χ0) is 22.8. The number of fused-ring (bicyclic) bond motifs is 1. The highest BCUT2D eigenvalue weighted by molar-refractivity contribution is 8.19. The largest absolute Gasteiger partial charge is 0.322 e. The number of amides is 1. The molecule has 2 aliphatic rings. The third-order valence-electron chi connectivity index (χ3n) is 5.79. The van der Waals surface area contributed by atoms with E-state index in [9.17, 15) is 13.2 Å². The number of rotatable bonds is 5. The van der Waals surface area contributed by atoms with E-state index >= 15 is 0 Å². The molecule has 0 radical (unpaired) electrons. The van der Waals surface area contributed by atoms with E-state index in [4.69, 9.17) is 0 Å². The lowest BCUT2D eigenvalue weighted by molar-refractivity contribution is 0.102. The molecule has 2 aliphatic heterocycles. The van der Waals surface area contributed by atoms with Crippen molar-refractivity contribution in [2.45, 2.75) is 22.3 Å². The smallest absolute Gasteiger partial charge is 0.264 e. The van der Waals surface area contributed by atoms with Crippen molar-refractivity contribution in [3.8, 4) is 0 Å². The van der Waals surface area contributed by atoms with E-state index in [1.807, 2.05) is 66.0 Å². The van der Waals surface area contributed by atoms with Crippen LogP contribution in [0, 0.1) is 0 Å². The van der Waals surface area contributed by atoms with Crippen LogP contribution in [0.4, 0.5) is 11.4 Å². The Bertz CT molecular complexity index is 1290. The van der Waals surface area contributed by atoms with Crippen LogP contribution in [-0.2, 0) is 16.4 Å². The first kappa shape index (κ1) is 22.4. The van der Waals surface area contributed by atoms with Crippen LogP contribution in [0.1, 0.15) is 32.5 Å². The molecule has 8 heteroatoms. The minimum atomic E-state index is -3.77.